The Hall–Kier alpha value is -1.66. The normalized spacial score (nSPS) is 17.9. The molecule has 6 heteroatoms. The van der Waals surface area contributed by atoms with E-state index in [2.05, 4.69) is 21.7 Å². The van der Waals surface area contributed by atoms with Gasteiger partial charge in [0.1, 0.15) is 5.75 Å². The largest absolute Gasteiger partial charge is 0.496 e. The molecule has 0 aliphatic carbocycles. The standard InChI is InChI=1S/C18H30N4O2/c1-12-10-20-16(13(2)17(12)24-5)11-22-8-6-15(7-9-22)21(4)14(3)18(19)23/h10,14-15H,6-9,11H2,1-5H3,(H2,19,23)/t14-/m1/s1. The van der Waals surface area contributed by atoms with E-state index in [4.69, 9.17) is 10.5 Å². The number of carbonyl (C=O) groups excluding carboxylic acids is 1. The third kappa shape index (κ3) is 4.05. The van der Waals surface area contributed by atoms with Crippen LogP contribution < -0.4 is 10.5 Å². The van der Waals surface area contributed by atoms with Gasteiger partial charge in [-0.2, -0.15) is 0 Å². The number of aromatic nitrogens is 1. The summed E-state index contributed by atoms with van der Waals surface area (Å²) in [5.41, 5.74) is 8.69. The van der Waals surface area contributed by atoms with E-state index in [9.17, 15) is 4.79 Å². The quantitative estimate of drug-likeness (QED) is 0.853. The average Bonchev–Trinajstić information content (AvgIpc) is 2.57. The van der Waals surface area contributed by atoms with Crippen molar-refractivity contribution in [1.29, 1.82) is 0 Å². The van der Waals surface area contributed by atoms with Gasteiger partial charge >= 0.3 is 0 Å². The number of likely N-dealkylation sites (tertiary alicyclic amines) is 1. The lowest BCUT2D eigenvalue weighted by molar-refractivity contribution is -0.123. The van der Waals surface area contributed by atoms with Crippen LogP contribution in [0.4, 0.5) is 0 Å². The van der Waals surface area contributed by atoms with E-state index in [0.29, 0.717) is 6.04 Å². The molecular formula is C18H30N4O2. The second-order valence-electron chi connectivity index (χ2n) is 6.80. The van der Waals surface area contributed by atoms with Crippen LogP contribution in [0, 0.1) is 13.8 Å². The summed E-state index contributed by atoms with van der Waals surface area (Å²) < 4.78 is 5.49. The highest BCUT2D eigenvalue weighted by Crippen LogP contribution is 2.26. The van der Waals surface area contributed by atoms with Crippen molar-refractivity contribution < 1.29 is 9.53 Å². The summed E-state index contributed by atoms with van der Waals surface area (Å²) in [5.74, 6) is 0.677. The average molecular weight is 334 g/mol. The lowest BCUT2D eigenvalue weighted by atomic mass is 10.0. The summed E-state index contributed by atoms with van der Waals surface area (Å²) in [6, 6.07) is 0.192. The van der Waals surface area contributed by atoms with Crippen LogP contribution in [0.3, 0.4) is 0 Å². The molecule has 0 unspecified atom stereocenters. The molecule has 2 rings (SSSR count). The van der Waals surface area contributed by atoms with Gasteiger partial charge in [-0.3, -0.25) is 19.6 Å². The smallest absolute Gasteiger partial charge is 0.234 e. The number of pyridine rings is 1. The number of rotatable bonds is 6. The predicted octanol–water partition coefficient (Wildman–Crippen LogP) is 1.48. The van der Waals surface area contributed by atoms with E-state index in [-0.39, 0.29) is 11.9 Å². The molecule has 6 nitrogen and oxygen atoms in total. The number of hydrogen-bond acceptors (Lipinski definition) is 5. The Morgan fingerprint density at radius 3 is 2.62 bits per heavy atom. The van der Waals surface area contributed by atoms with Crippen molar-refractivity contribution in [2.75, 3.05) is 27.2 Å². The van der Waals surface area contributed by atoms with Gasteiger partial charge in [-0.05, 0) is 40.7 Å². The van der Waals surface area contributed by atoms with Crippen molar-refractivity contribution in [3.63, 3.8) is 0 Å². The van der Waals surface area contributed by atoms with E-state index in [1.165, 1.54) is 0 Å². The summed E-state index contributed by atoms with van der Waals surface area (Å²) in [7, 11) is 3.70. The lowest BCUT2D eigenvalue weighted by Crippen LogP contribution is -2.50. The Kier molecular flexibility index (Phi) is 6.18. The Bertz CT molecular complexity index is 583. The minimum absolute atomic E-state index is 0.216. The highest BCUT2D eigenvalue weighted by molar-refractivity contribution is 5.79. The molecule has 1 aromatic heterocycles. The molecule has 0 bridgehead atoms. The fraction of sp³-hybridized carbons (Fsp3) is 0.667. The summed E-state index contributed by atoms with van der Waals surface area (Å²) in [4.78, 5) is 20.5. The van der Waals surface area contributed by atoms with Crippen LogP contribution in [-0.2, 0) is 11.3 Å². The van der Waals surface area contributed by atoms with Crippen molar-refractivity contribution in [3.8, 4) is 5.75 Å². The maximum Gasteiger partial charge on any atom is 0.234 e. The van der Waals surface area contributed by atoms with Gasteiger partial charge in [0.2, 0.25) is 5.91 Å². The van der Waals surface area contributed by atoms with Crippen molar-refractivity contribution in [1.82, 2.24) is 14.8 Å². The number of carbonyl (C=O) groups is 1. The van der Waals surface area contributed by atoms with Gasteiger partial charge in [0.15, 0.2) is 0 Å². The van der Waals surface area contributed by atoms with Crippen LogP contribution >= 0.6 is 0 Å². The monoisotopic (exact) mass is 334 g/mol. The number of nitrogens with zero attached hydrogens (tertiary/aromatic N) is 3. The number of piperidine rings is 1. The molecule has 0 spiro atoms. The predicted molar refractivity (Wildman–Crippen MR) is 95.0 cm³/mol. The molecule has 1 saturated heterocycles. The summed E-state index contributed by atoms with van der Waals surface area (Å²) in [5, 5.41) is 0. The third-order valence-electron chi connectivity index (χ3n) is 5.28. The number of likely N-dealkylation sites (N-methyl/N-ethyl adjacent to an activating group) is 1. The van der Waals surface area contributed by atoms with Gasteiger partial charge in [-0.15, -0.1) is 0 Å². The third-order valence-corrected chi connectivity index (χ3v) is 5.28. The van der Waals surface area contributed by atoms with Gasteiger partial charge in [0.05, 0.1) is 18.8 Å². The van der Waals surface area contributed by atoms with Gasteiger partial charge in [-0.1, -0.05) is 0 Å². The zero-order valence-electron chi connectivity index (χ0n) is 15.5. The Labute approximate surface area is 145 Å². The van der Waals surface area contributed by atoms with Crippen LogP contribution in [0.25, 0.3) is 0 Å². The summed E-state index contributed by atoms with van der Waals surface area (Å²) in [6.07, 6.45) is 3.96. The molecule has 2 N–H and O–H groups in total. The van der Waals surface area contributed by atoms with E-state index < -0.39 is 0 Å². The van der Waals surface area contributed by atoms with Gasteiger partial charge < -0.3 is 10.5 Å². The van der Waals surface area contributed by atoms with Crippen molar-refractivity contribution in [2.45, 2.75) is 52.2 Å². The van der Waals surface area contributed by atoms with E-state index in [0.717, 1.165) is 55.0 Å². The zero-order valence-corrected chi connectivity index (χ0v) is 15.5. The number of nitrogens with two attached hydrogens (primary N) is 1. The zero-order chi connectivity index (χ0) is 17.9. The minimum Gasteiger partial charge on any atom is -0.496 e. The number of hydrogen-bond donors (Lipinski definition) is 1. The molecule has 1 amide bonds. The van der Waals surface area contributed by atoms with E-state index in [1.54, 1.807) is 7.11 Å². The van der Waals surface area contributed by atoms with E-state index >= 15 is 0 Å². The summed E-state index contributed by atoms with van der Waals surface area (Å²) in [6.45, 7) is 8.80. The highest BCUT2D eigenvalue weighted by atomic mass is 16.5. The molecule has 1 aliphatic heterocycles. The molecule has 1 atom stereocenters. The molecular weight excluding hydrogens is 304 g/mol. The number of aryl methyl sites for hydroxylation is 1. The molecule has 0 aromatic carbocycles. The highest BCUT2D eigenvalue weighted by Gasteiger charge is 2.27. The topological polar surface area (TPSA) is 71.7 Å². The molecule has 24 heavy (non-hydrogen) atoms. The summed E-state index contributed by atoms with van der Waals surface area (Å²) >= 11 is 0. The first-order valence-corrected chi connectivity index (χ1v) is 8.57. The molecule has 1 fully saturated rings. The number of primary amides is 1. The first-order chi connectivity index (χ1) is 11.3. The van der Waals surface area contributed by atoms with Gasteiger partial charge in [0.25, 0.3) is 0 Å². The first-order valence-electron chi connectivity index (χ1n) is 8.57. The fourth-order valence-electron chi connectivity index (χ4n) is 3.44. The SMILES string of the molecule is COc1c(C)cnc(CN2CCC(N(C)[C@H](C)C(N)=O)CC2)c1C. The Morgan fingerprint density at radius 1 is 1.46 bits per heavy atom. The fourth-order valence-corrected chi connectivity index (χ4v) is 3.44. The molecule has 134 valence electrons. The molecule has 2 heterocycles. The Morgan fingerprint density at radius 2 is 2.08 bits per heavy atom. The molecule has 1 aliphatic rings. The molecule has 1 aromatic rings. The van der Waals surface area contributed by atoms with Gasteiger partial charge in [0, 0.05) is 43.0 Å². The molecule has 0 radical (unpaired) electrons. The maximum absolute atomic E-state index is 11.4. The van der Waals surface area contributed by atoms with Gasteiger partial charge in [-0.25, -0.2) is 0 Å². The van der Waals surface area contributed by atoms with Crippen molar-refractivity contribution >= 4 is 5.91 Å². The second kappa shape index (κ2) is 7.94. The van der Waals surface area contributed by atoms with Crippen LogP contribution in [0.5, 0.6) is 5.75 Å². The van der Waals surface area contributed by atoms with Crippen LogP contribution in [-0.4, -0.2) is 60.0 Å². The number of amides is 1. The van der Waals surface area contributed by atoms with Crippen LogP contribution in [0.2, 0.25) is 0 Å². The van der Waals surface area contributed by atoms with Crippen molar-refractivity contribution in [2.24, 2.45) is 5.73 Å². The first kappa shape index (κ1) is 18.7. The minimum atomic E-state index is -0.258. The van der Waals surface area contributed by atoms with Crippen LogP contribution in [0.15, 0.2) is 6.20 Å². The maximum atomic E-state index is 11.4. The second-order valence-corrected chi connectivity index (χ2v) is 6.80. The van der Waals surface area contributed by atoms with Crippen molar-refractivity contribution in [3.05, 3.63) is 23.0 Å². The molecule has 0 saturated carbocycles. The van der Waals surface area contributed by atoms with Crippen LogP contribution in [0.1, 0.15) is 36.6 Å². The number of ether oxygens (including phenoxy) is 1. The Balaban J connectivity index is 1.95. The lowest BCUT2D eigenvalue weighted by Gasteiger charge is -2.38. The number of methoxy groups -OCH3 is 1. The van der Waals surface area contributed by atoms with E-state index in [1.807, 2.05) is 27.1 Å².